The van der Waals surface area contributed by atoms with Crippen molar-refractivity contribution in [2.75, 3.05) is 12.8 Å². The second kappa shape index (κ2) is 11.0. The summed E-state index contributed by atoms with van der Waals surface area (Å²) in [4.78, 5) is 28.7. The van der Waals surface area contributed by atoms with Gasteiger partial charge in [-0.05, 0) is 58.5 Å². The summed E-state index contributed by atoms with van der Waals surface area (Å²) in [5.74, 6) is -0.930. The molecule has 1 atom stereocenters. The molecule has 9 nitrogen and oxygen atoms in total. The van der Waals surface area contributed by atoms with Crippen molar-refractivity contribution in [3.05, 3.63) is 71.2 Å². The first-order valence-electron chi connectivity index (χ1n) is 11.5. The number of nitrogens with one attached hydrogen (secondary N) is 1. The number of nitrogens with zero attached hydrogens (tertiary/aromatic N) is 3. The number of nitrogen functional groups attached to an aromatic ring is 1. The lowest BCUT2D eigenvalue weighted by Gasteiger charge is -2.33. The summed E-state index contributed by atoms with van der Waals surface area (Å²) in [5.41, 5.74) is 6.81. The Bertz CT molecular complexity index is 1140. The van der Waals surface area contributed by atoms with E-state index in [-0.39, 0.29) is 30.0 Å². The molecule has 3 aromatic rings. The minimum absolute atomic E-state index is 0.000194. The number of benzene rings is 2. The van der Waals surface area contributed by atoms with Crippen molar-refractivity contribution in [1.29, 1.82) is 0 Å². The molecule has 4 rings (SSSR count). The Morgan fingerprint density at radius 2 is 1.80 bits per heavy atom. The Labute approximate surface area is 202 Å². The van der Waals surface area contributed by atoms with Crippen LogP contribution in [0.4, 0.5) is 10.2 Å². The number of nitrogens with two attached hydrogens (primary N) is 1. The molecule has 184 valence electrons. The summed E-state index contributed by atoms with van der Waals surface area (Å²) in [7, 11) is 1.55. The van der Waals surface area contributed by atoms with Gasteiger partial charge >= 0.3 is 0 Å². The monoisotopic (exact) mass is 481 g/mol. The van der Waals surface area contributed by atoms with Crippen LogP contribution in [-0.4, -0.2) is 40.2 Å². The van der Waals surface area contributed by atoms with E-state index in [1.165, 1.54) is 17.0 Å². The third kappa shape index (κ3) is 5.76. The normalized spacial score (nSPS) is 14.8. The van der Waals surface area contributed by atoms with Crippen LogP contribution in [-0.2, 0) is 11.3 Å². The molecule has 0 radical (unpaired) electrons. The van der Waals surface area contributed by atoms with Gasteiger partial charge in [0.25, 0.3) is 5.91 Å². The molecule has 2 aromatic carbocycles. The summed E-state index contributed by atoms with van der Waals surface area (Å²) in [6.45, 7) is 0.000194. The summed E-state index contributed by atoms with van der Waals surface area (Å²) in [6.07, 6.45) is 4.98. The molecule has 10 heteroatoms. The fourth-order valence-electron chi connectivity index (χ4n) is 4.33. The number of carbonyl (C=O) groups excluding carboxylic acids is 2. The SMILES string of the molecule is COc1ccc(C(C(=O)NC2CCCCC2)N(Cc2ccc(F)cc2)C(=O)c2nonc2N)cc1. The molecule has 0 bridgehead atoms. The number of hydrogen-bond donors (Lipinski definition) is 2. The van der Waals surface area contributed by atoms with Crippen molar-refractivity contribution in [3.63, 3.8) is 0 Å². The van der Waals surface area contributed by atoms with E-state index in [0.29, 0.717) is 16.9 Å². The van der Waals surface area contributed by atoms with Crippen molar-refractivity contribution in [3.8, 4) is 5.75 Å². The van der Waals surface area contributed by atoms with Crippen LogP contribution in [0.5, 0.6) is 5.75 Å². The average molecular weight is 482 g/mol. The maximum atomic E-state index is 13.7. The number of aromatic nitrogens is 2. The van der Waals surface area contributed by atoms with E-state index in [4.69, 9.17) is 10.5 Å². The number of anilines is 1. The van der Waals surface area contributed by atoms with Crippen molar-refractivity contribution >= 4 is 17.6 Å². The fraction of sp³-hybridized carbons (Fsp3) is 0.360. The Hall–Kier alpha value is -3.95. The third-order valence-electron chi connectivity index (χ3n) is 6.19. The summed E-state index contributed by atoms with van der Waals surface area (Å²) in [6, 6.07) is 11.6. The van der Waals surface area contributed by atoms with Crippen LogP contribution < -0.4 is 15.8 Å². The number of carbonyl (C=O) groups is 2. The molecule has 1 aliphatic rings. The largest absolute Gasteiger partial charge is 0.497 e. The highest BCUT2D eigenvalue weighted by atomic mass is 19.1. The Kier molecular flexibility index (Phi) is 7.59. The van der Waals surface area contributed by atoms with Gasteiger partial charge in [0, 0.05) is 12.6 Å². The lowest BCUT2D eigenvalue weighted by Crippen LogP contribution is -2.47. The fourth-order valence-corrected chi connectivity index (χ4v) is 4.33. The summed E-state index contributed by atoms with van der Waals surface area (Å²) >= 11 is 0. The number of halogens is 1. The lowest BCUT2D eigenvalue weighted by atomic mass is 9.94. The first-order valence-corrected chi connectivity index (χ1v) is 11.5. The van der Waals surface area contributed by atoms with E-state index < -0.39 is 17.8 Å². The molecule has 1 unspecified atom stereocenters. The highest BCUT2D eigenvalue weighted by Gasteiger charge is 2.35. The van der Waals surface area contributed by atoms with Gasteiger partial charge in [-0.15, -0.1) is 0 Å². The molecule has 2 amide bonds. The van der Waals surface area contributed by atoms with Crippen molar-refractivity contribution in [2.45, 2.75) is 50.7 Å². The summed E-state index contributed by atoms with van der Waals surface area (Å²) < 4.78 is 23.4. The van der Waals surface area contributed by atoms with Gasteiger partial charge in [0.2, 0.25) is 17.4 Å². The summed E-state index contributed by atoms with van der Waals surface area (Å²) in [5, 5.41) is 10.3. The van der Waals surface area contributed by atoms with Gasteiger partial charge in [0.1, 0.15) is 17.6 Å². The number of amides is 2. The van der Waals surface area contributed by atoms with E-state index in [2.05, 4.69) is 20.3 Å². The van der Waals surface area contributed by atoms with Gasteiger partial charge in [-0.2, -0.15) is 0 Å². The Balaban J connectivity index is 1.74. The number of hydrogen-bond acceptors (Lipinski definition) is 7. The second-order valence-electron chi connectivity index (χ2n) is 8.58. The van der Waals surface area contributed by atoms with Crippen LogP contribution in [0.25, 0.3) is 0 Å². The topological polar surface area (TPSA) is 124 Å². The van der Waals surface area contributed by atoms with E-state index in [1.54, 1.807) is 43.5 Å². The van der Waals surface area contributed by atoms with E-state index in [9.17, 15) is 14.0 Å². The minimum Gasteiger partial charge on any atom is -0.497 e. The van der Waals surface area contributed by atoms with Crippen LogP contribution in [0, 0.1) is 5.82 Å². The zero-order valence-electron chi connectivity index (χ0n) is 19.4. The van der Waals surface area contributed by atoms with Crippen LogP contribution in [0.15, 0.2) is 53.2 Å². The van der Waals surface area contributed by atoms with E-state index in [1.807, 2.05) is 0 Å². The van der Waals surface area contributed by atoms with Crippen LogP contribution in [0.1, 0.15) is 59.8 Å². The van der Waals surface area contributed by atoms with Crippen LogP contribution in [0.2, 0.25) is 0 Å². The van der Waals surface area contributed by atoms with Crippen LogP contribution in [0.3, 0.4) is 0 Å². The van der Waals surface area contributed by atoms with Gasteiger partial charge < -0.3 is 20.7 Å². The molecule has 1 heterocycles. The minimum atomic E-state index is -1.02. The van der Waals surface area contributed by atoms with Gasteiger partial charge in [-0.3, -0.25) is 9.59 Å². The van der Waals surface area contributed by atoms with Gasteiger partial charge in [-0.1, -0.05) is 43.5 Å². The molecule has 1 aliphatic carbocycles. The van der Waals surface area contributed by atoms with Crippen molar-refractivity contribution in [2.24, 2.45) is 0 Å². The molecule has 0 aliphatic heterocycles. The van der Waals surface area contributed by atoms with E-state index in [0.717, 1.165) is 32.1 Å². The highest BCUT2D eigenvalue weighted by molar-refractivity contribution is 5.99. The predicted molar refractivity (Wildman–Crippen MR) is 126 cm³/mol. The van der Waals surface area contributed by atoms with E-state index >= 15 is 0 Å². The Morgan fingerprint density at radius 3 is 2.40 bits per heavy atom. The zero-order chi connectivity index (χ0) is 24.8. The predicted octanol–water partition coefficient (Wildman–Crippen LogP) is 3.63. The van der Waals surface area contributed by atoms with Crippen molar-refractivity contribution in [1.82, 2.24) is 20.5 Å². The highest BCUT2D eigenvalue weighted by Crippen LogP contribution is 2.29. The standard InChI is InChI=1S/C25H28FN5O4/c1-34-20-13-9-17(10-14-20)22(24(32)28-19-5-3-2-4-6-19)31(15-16-7-11-18(26)12-8-16)25(33)21-23(27)30-35-29-21/h7-14,19,22H,2-6,15H2,1H3,(H2,27,30)(H,28,32). The number of methoxy groups -OCH3 is 1. The smallest absolute Gasteiger partial charge is 0.281 e. The van der Waals surface area contributed by atoms with Crippen LogP contribution >= 0.6 is 0 Å². The number of ether oxygens (including phenoxy) is 1. The Morgan fingerprint density at radius 1 is 1.11 bits per heavy atom. The molecule has 35 heavy (non-hydrogen) atoms. The average Bonchev–Trinajstić information content (AvgIpc) is 3.31. The molecule has 3 N–H and O–H groups in total. The van der Waals surface area contributed by atoms with Gasteiger partial charge in [-0.25, -0.2) is 9.02 Å². The first-order chi connectivity index (χ1) is 17.0. The molecular formula is C25H28FN5O4. The second-order valence-corrected chi connectivity index (χ2v) is 8.58. The molecule has 1 aromatic heterocycles. The molecule has 1 saturated carbocycles. The molecule has 1 fully saturated rings. The number of rotatable bonds is 8. The molecule has 0 saturated heterocycles. The quantitative estimate of drug-likeness (QED) is 0.503. The first kappa shape index (κ1) is 24.2. The van der Waals surface area contributed by atoms with Gasteiger partial charge in [0.05, 0.1) is 7.11 Å². The van der Waals surface area contributed by atoms with Gasteiger partial charge in [0.15, 0.2) is 0 Å². The molecular weight excluding hydrogens is 453 g/mol. The maximum absolute atomic E-state index is 13.7. The van der Waals surface area contributed by atoms with Crippen molar-refractivity contribution < 1.29 is 23.3 Å². The molecule has 0 spiro atoms. The maximum Gasteiger partial charge on any atom is 0.281 e. The lowest BCUT2D eigenvalue weighted by molar-refractivity contribution is -0.127. The third-order valence-corrected chi connectivity index (χ3v) is 6.19. The zero-order valence-corrected chi connectivity index (χ0v) is 19.4.